The summed E-state index contributed by atoms with van der Waals surface area (Å²) in [5.74, 6) is 1.20. The van der Waals surface area contributed by atoms with Gasteiger partial charge in [0.25, 0.3) is 0 Å². The highest BCUT2D eigenvalue weighted by Crippen LogP contribution is 2.31. The van der Waals surface area contributed by atoms with E-state index in [1.807, 2.05) is 0 Å². The van der Waals surface area contributed by atoms with Gasteiger partial charge in [0.1, 0.15) is 5.75 Å². The molecule has 3 nitrogen and oxygen atoms in total. The van der Waals surface area contributed by atoms with Gasteiger partial charge in [0, 0.05) is 19.6 Å². The lowest BCUT2D eigenvalue weighted by Gasteiger charge is -2.22. The van der Waals surface area contributed by atoms with E-state index in [0.29, 0.717) is 13.2 Å². The molecule has 0 saturated carbocycles. The van der Waals surface area contributed by atoms with Crippen molar-refractivity contribution in [1.29, 1.82) is 0 Å². The van der Waals surface area contributed by atoms with Crippen LogP contribution in [0.15, 0.2) is 6.07 Å². The number of ether oxygens (including phenoxy) is 2. The van der Waals surface area contributed by atoms with E-state index in [2.05, 4.69) is 26.8 Å². The summed E-state index contributed by atoms with van der Waals surface area (Å²) in [5.41, 5.74) is 10.8. The van der Waals surface area contributed by atoms with E-state index in [4.69, 9.17) is 15.2 Å². The number of nitrogens with two attached hydrogens (primary N) is 1. The Morgan fingerprint density at radius 3 is 2.29 bits per heavy atom. The molecule has 0 aromatic heterocycles. The smallest absolute Gasteiger partial charge is 0.122 e. The minimum absolute atomic E-state index is 0.254. The largest absolute Gasteiger partial charge is 0.496 e. The quantitative estimate of drug-likeness (QED) is 0.854. The summed E-state index contributed by atoms with van der Waals surface area (Å²) in [5, 5.41) is 0. The van der Waals surface area contributed by atoms with Crippen LogP contribution in [0.4, 0.5) is 0 Å². The summed E-state index contributed by atoms with van der Waals surface area (Å²) in [6.45, 7) is 7.56. The van der Waals surface area contributed by atoms with Gasteiger partial charge in [0.2, 0.25) is 0 Å². The fourth-order valence-corrected chi connectivity index (χ4v) is 2.38. The van der Waals surface area contributed by atoms with Crippen LogP contribution in [0.2, 0.25) is 0 Å². The number of aryl methyl sites for hydroxylation is 1. The molecule has 1 rings (SSSR count). The van der Waals surface area contributed by atoms with E-state index in [-0.39, 0.29) is 5.92 Å². The van der Waals surface area contributed by atoms with E-state index >= 15 is 0 Å². The summed E-state index contributed by atoms with van der Waals surface area (Å²) in [4.78, 5) is 0. The van der Waals surface area contributed by atoms with Gasteiger partial charge >= 0.3 is 0 Å². The SMILES string of the molecule is COCC(CN)c1c(C)cc(OC)c(C)c1C. The van der Waals surface area contributed by atoms with Gasteiger partial charge < -0.3 is 15.2 Å². The molecule has 0 heterocycles. The van der Waals surface area contributed by atoms with Crippen molar-refractivity contribution in [2.24, 2.45) is 5.73 Å². The molecule has 1 unspecified atom stereocenters. The Morgan fingerprint density at radius 1 is 1.18 bits per heavy atom. The number of rotatable bonds is 5. The van der Waals surface area contributed by atoms with Crippen molar-refractivity contribution in [3.05, 3.63) is 28.3 Å². The maximum atomic E-state index is 5.84. The predicted octanol–water partition coefficient (Wildman–Crippen LogP) is 2.31. The first-order valence-corrected chi connectivity index (χ1v) is 5.90. The Morgan fingerprint density at radius 2 is 1.82 bits per heavy atom. The lowest BCUT2D eigenvalue weighted by molar-refractivity contribution is 0.180. The van der Waals surface area contributed by atoms with Gasteiger partial charge in [0.15, 0.2) is 0 Å². The standard InChI is InChI=1S/C14H23NO2/c1-9-6-13(17-5)10(2)11(3)14(9)12(7-15)8-16-4/h6,12H,7-8,15H2,1-5H3. The van der Waals surface area contributed by atoms with E-state index in [9.17, 15) is 0 Å². The van der Waals surface area contributed by atoms with Crippen molar-refractivity contribution in [2.75, 3.05) is 27.4 Å². The third-order valence-electron chi connectivity index (χ3n) is 3.39. The van der Waals surface area contributed by atoms with Crippen molar-refractivity contribution in [3.8, 4) is 5.75 Å². The Hall–Kier alpha value is -1.06. The average Bonchev–Trinajstić information content (AvgIpc) is 2.32. The van der Waals surface area contributed by atoms with Crippen molar-refractivity contribution in [3.63, 3.8) is 0 Å². The Bertz CT molecular complexity index is 388. The maximum absolute atomic E-state index is 5.84. The molecule has 0 amide bonds. The Kier molecular flexibility index (Phi) is 4.97. The molecule has 0 fully saturated rings. The molecular weight excluding hydrogens is 214 g/mol. The van der Waals surface area contributed by atoms with Gasteiger partial charge in [-0.15, -0.1) is 0 Å². The van der Waals surface area contributed by atoms with E-state index < -0.39 is 0 Å². The molecule has 0 spiro atoms. The van der Waals surface area contributed by atoms with Crippen LogP contribution in [0, 0.1) is 20.8 Å². The second kappa shape index (κ2) is 6.03. The normalized spacial score (nSPS) is 12.6. The highest BCUT2D eigenvalue weighted by atomic mass is 16.5. The number of methoxy groups -OCH3 is 2. The van der Waals surface area contributed by atoms with Gasteiger partial charge in [-0.1, -0.05) is 0 Å². The molecule has 17 heavy (non-hydrogen) atoms. The first-order valence-electron chi connectivity index (χ1n) is 5.90. The van der Waals surface area contributed by atoms with Crippen LogP contribution in [0.5, 0.6) is 5.75 Å². The third-order valence-corrected chi connectivity index (χ3v) is 3.39. The molecule has 0 radical (unpaired) electrons. The zero-order valence-corrected chi connectivity index (χ0v) is 11.5. The van der Waals surface area contributed by atoms with Gasteiger partial charge in [-0.3, -0.25) is 0 Å². The molecule has 0 saturated heterocycles. The molecular formula is C14H23NO2. The Balaban J connectivity index is 3.28. The molecule has 1 aromatic rings. The van der Waals surface area contributed by atoms with Crippen molar-refractivity contribution < 1.29 is 9.47 Å². The fourth-order valence-electron chi connectivity index (χ4n) is 2.38. The summed E-state index contributed by atoms with van der Waals surface area (Å²) in [7, 11) is 3.42. The average molecular weight is 237 g/mol. The summed E-state index contributed by atoms with van der Waals surface area (Å²) in [6, 6.07) is 2.08. The zero-order chi connectivity index (χ0) is 13.0. The first-order chi connectivity index (χ1) is 8.06. The minimum Gasteiger partial charge on any atom is -0.496 e. The molecule has 0 aliphatic carbocycles. The first kappa shape index (κ1) is 14.0. The van der Waals surface area contributed by atoms with Crippen LogP contribution in [0.1, 0.15) is 28.2 Å². The van der Waals surface area contributed by atoms with Crippen molar-refractivity contribution in [1.82, 2.24) is 0 Å². The van der Waals surface area contributed by atoms with Gasteiger partial charge in [0.05, 0.1) is 13.7 Å². The molecule has 0 aliphatic heterocycles. The van der Waals surface area contributed by atoms with E-state index in [1.165, 1.54) is 22.3 Å². The predicted molar refractivity (Wildman–Crippen MR) is 70.9 cm³/mol. The lowest BCUT2D eigenvalue weighted by atomic mass is 9.88. The van der Waals surface area contributed by atoms with Crippen LogP contribution in [-0.2, 0) is 4.74 Å². The summed E-state index contributed by atoms with van der Waals surface area (Å²) < 4.78 is 10.6. The van der Waals surface area contributed by atoms with E-state index in [1.54, 1.807) is 14.2 Å². The van der Waals surface area contributed by atoms with Crippen LogP contribution in [-0.4, -0.2) is 27.4 Å². The molecule has 0 aliphatic rings. The molecule has 96 valence electrons. The monoisotopic (exact) mass is 237 g/mol. The Labute approximate surface area is 104 Å². The third kappa shape index (κ3) is 2.79. The zero-order valence-electron chi connectivity index (χ0n) is 11.5. The summed E-state index contributed by atoms with van der Waals surface area (Å²) >= 11 is 0. The topological polar surface area (TPSA) is 44.5 Å². The van der Waals surface area contributed by atoms with Gasteiger partial charge in [-0.25, -0.2) is 0 Å². The lowest BCUT2D eigenvalue weighted by Crippen LogP contribution is -2.20. The van der Waals surface area contributed by atoms with Gasteiger partial charge in [-0.2, -0.15) is 0 Å². The van der Waals surface area contributed by atoms with Crippen LogP contribution in [0.3, 0.4) is 0 Å². The van der Waals surface area contributed by atoms with Crippen LogP contribution >= 0.6 is 0 Å². The van der Waals surface area contributed by atoms with Crippen LogP contribution in [0.25, 0.3) is 0 Å². The fraction of sp³-hybridized carbons (Fsp3) is 0.571. The highest BCUT2D eigenvalue weighted by Gasteiger charge is 2.18. The maximum Gasteiger partial charge on any atom is 0.122 e. The molecule has 0 bridgehead atoms. The highest BCUT2D eigenvalue weighted by molar-refractivity contribution is 5.49. The number of benzene rings is 1. The second-order valence-corrected chi connectivity index (χ2v) is 4.45. The van der Waals surface area contributed by atoms with Crippen molar-refractivity contribution >= 4 is 0 Å². The van der Waals surface area contributed by atoms with Crippen molar-refractivity contribution in [2.45, 2.75) is 26.7 Å². The molecule has 3 heteroatoms. The number of hydrogen-bond acceptors (Lipinski definition) is 3. The van der Waals surface area contributed by atoms with Gasteiger partial charge in [-0.05, 0) is 49.1 Å². The molecule has 2 N–H and O–H groups in total. The van der Waals surface area contributed by atoms with Crippen LogP contribution < -0.4 is 10.5 Å². The number of hydrogen-bond donors (Lipinski definition) is 1. The second-order valence-electron chi connectivity index (χ2n) is 4.45. The van der Waals surface area contributed by atoms with E-state index in [0.717, 1.165) is 5.75 Å². The minimum atomic E-state index is 0.254. The summed E-state index contributed by atoms with van der Waals surface area (Å²) in [6.07, 6.45) is 0. The molecule has 1 atom stereocenters. The molecule has 1 aromatic carbocycles.